The molecule has 0 aliphatic heterocycles. The monoisotopic (exact) mass is 677 g/mol. The summed E-state index contributed by atoms with van der Waals surface area (Å²) in [7, 11) is -4.22. The highest BCUT2D eigenvalue weighted by atomic mass is 35.5. The number of sulfonamides is 1. The van der Waals surface area contributed by atoms with Crippen molar-refractivity contribution in [3.63, 3.8) is 0 Å². The van der Waals surface area contributed by atoms with Crippen molar-refractivity contribution in [1.29, 1.82) is 0 Å². The Labute approximate surface area is 275 Å². The molecule has 11 heteroatoms. The zero-order chi connectivity index (χ0) is 32.0. The highest BCUT2D eigenvalue weighted by molar-refractivity contribution is 7.92. The van der Waals surface area contributed by atoms with Crippen molar-refractivity contribution in [1.82, 2.24) is 10.2 Å². The van der Waals surface area contributed by atoms with Crippen molar-refractivity contribution in [3.05, 3.63) is 92.4 Å². The first-order valence-corrected chi connectivity index (χ1v) is 17.4. The molecule has 0 saturated heterocycles. The number of amides is 2. The molecule has 0 spiro atoms. The number of carbonyl (C=O) groups excluding carboxylic acids is 2. The molecule has 0 radical (unpaired) electrons. The third kappa shape index (κ3) is 8.08. The van der Waals surface area contributed by atoms with E-state index < -0.39 is 28.5 Å². The van der Waals surface area contributed by atoms with E-state index in [0.29, 0.717) is 32.7 Å². The average Bonchev–Trinajstić information content (AvgIpc) is 2.99. The molecule has 236 valence electrons. The van der Waals surface area contributed by atoms with Crippen LogP contribution in [-0.2, 0) is 26.2 Å². The Morgan fingerprint density at radius 1 is 0.909 bits per heavy atom. The van der Waals surface area contributed by atoms with Gasteiger partial charge in [0, 0.05) is 33.2 Å². The van der Waals surface area contributed by atoms with Crippen LogP contribution in [0.15, 0.2) is 65.6 Å². The maximum absolute atomic E-state index is 14.4. The third-order valence-electron chi connectivity index (χ3n) is 8.19. The molecule has 1 aliphatic rings. The highest BCUT2D eigenvalue weighted by Crippen LogP contribution is 2.30. The lowest BCUT2D eigenvalue weighted by atomic mass is 9.95. The predicted molar refractivity (Wildman–Crippen MR) is 178 cm³/mol. The first-order valence-electron chi connectivity index (χ1n) is 14.8. The molecule has 0 bridgehead atoms. The molecule has 1 atom stereocenters. The summed E-state index contributed by atoms with van der Waals surface area (Å²) in [5.74, 6) is -0.850. The lowest BCUT2D eigenvalue weighted by Crippen LogP contribution is -2.54. The van der Waals surface area contributed by atoms with Crippen LogP contribution in [0.4, 0.5) is 5.69 Å². The van der Waals surface area contributed by atoms with Gasteiger partial charge in [-0.15, -0.1) is 0 Å². The number of hydrogen-bond donors (Lipinski definition) is 1. The molecule has 3 aromatic rings. The molecule has 3 aromatic carbocycles. The minimum Gasteiger partial charge on any atom is -0.352 e. The van der Waals surface area contributed by atoms with E-state index >= 15 is 0 Å². The van der Waals surface area contributed by atoms with Gasteiger partial charge in [0.25, 0.3) is 10.0 Å². The van der Waals surface area contributed by atoms with E-state index in [2.05, 4.69) is 5.32 Å². The highest BCUT2D eigenvalue weighted by Gasteiger charge is 2.35. The van der Waals surface area contributed by atoms with Crippen LogP contribution >= 0.6 is 34.8 Å². The van der Waals surface area contributed by atoms with Gasteiger partial charge in [-0.1, -0.05) is 73.1 Å². The number of rotatable bonds is 11. The fourth-order valence-electron chi connectivity index (χ4n) is 5.46. The Hall–Kier alpha value is -2.78. The standard InChI is InChI=1S/C33H38Cl3N3O4S/c1-4-31(33(41)37-25-9-6-5-7-10-25)38(20-28-29(35)11-8-12-30(28)36)32(40)21-39(26-16-13-22(2)23(3)19-26)44(42,43)27-17-14-24(34)15-18-27/h8,11-19,25,31H,4-7,9-10,20-21H2,1-3H3,(H,37,41)/t31-/m1/s1. The summed E-state index contributed by atoms with van der Waals surface area (Å²) in [5, 5.41) is 4.21. The Balaban J connectivity index is 1.76. The van der Waals surface area contributed by atoms with Gasteiger partial charge in [0.05, 0.1) is 10.6 Å². The van der Waals surface area contributed by atoms with Crippen molar-refractivity contribution in [2.24, 2.45) is 0 Å². The maximum atomic E-state index is 14.4. The lowest BCUT2D eigenvalue weighted by molar-refractivity contribution is -0.140. The normalized spacial score (nSPS) is 14.6. The SMILES string of the molecule is CC[C@H](C(=O)NC1CCCCC1)N(Cc1c(Cl)cccc1Cl)C(=O)CN(c1ccc(C)c(C)c1)S(=O)(=O)c1ccc(Cl)cc1. The van der Waals surface area contributed by atoms with Crippen LogP contribution < -0.4 is 9.62 Å². The molecule has 0 aromatic heterocycles. The fraction of sp³-hybridized carbons (Fsp3) is 0.394. The maximum Gasteiger partial charge on any atom is 0.264 e. The van der Waals surface area contributed by atoms with Crippen LogP contribution in [0.3, 0.4) is 0 Å². The van der Waals surface area contributed by atoms with Crippen LogP contribution in [-0.4, -0.2) is 43.8 Å². The van der Waals surface area contributed by atoms with E-state index in [9.17, 15) is 18.0 Å². The molecule has 4 rings (SSSR count). The summed E-state index contributed by atoms with van der Waals surface area (Å²) in [6.07, 6.45) is 5.27. The van der Waals surface area contributed by atoms with E-state index in [4.69, 9.17) is 34.8 Å². The Kier molecular flexibility index (Phi) is 11.6. The van der Waals surface area contributed by atoms with Gasteiger partial charge < -0.3 is 10.2 Å². The van der Waals surface area contributed by atoms with Crippen molar-refractivity contribution in [2.75, 3.05) is 10.8 Å². The zero-order valence-electron chi connectivity index (χ0n) is 25.2. The second-order valence-corrected chi connectivity index (χ2v) is 14.3. The van der Waals surface area contributed by atoms with Crippen LogP contribution in [0.5, 0.6) is 0 Å². The number of anilines is 1. The molecule has 1 saturated carbocycles. The van der Waals surface area contributed by atoms with E-state index in [1.807, 2.05) is 26.8 Å². The molecule has 1 fully saturated rings. The van der Waals surface area contributed by atoms with Crippen molar-refractivity contribution in [2.45, 2.75) is 82.8 Å². The summed E-state index contributed by atoms with van der Waals surface area (Å²) in [5.41, 5.74) is 2.65. The van der Waals surface area contributed by atoms with Crippen LogP contribution in [0.2, 0.25) is 15.1 Å². The summed E-state index contributed by atoms with van der Waals surface area (Å²) in [6.45, 7) is 5.00. The minimum atomic E-state index is -4.22. The zero-order valence-corrected chi connectivity index (χ0v) is 28.2. The van der Waals surface area contributed by atoms with Gasteiger partial charge >= 0.3 is 0 Å². The molecular weight excluding hydrogens is 641 g/mol. The second kappa shape index (κ2) is 15.0. The van der Waals surface area contributed by atoms with E-state index in [1.165, 1.54) is 29.2 Å². The van der Waals surface area contributed by atoms with Gasteiger partial charge in [-0.25, -0.2) is 8.42 Å². The Bertz CT molecular complexity index is 1570. The van der Waals surface area contributed by atoms with Gasteiger partial charge in [-0.05, 0) is 92.8 Å². The second-order valence-electron chi connectivity index (χ2n) is 11.2. The van der Waals surface area contributed by atoms with Gasteiger partial charge in [0.1, 0.15) is 12.6 Å². The van der Waals surface area contributed by atoms with Crippen molar-refractivity contribution in [3.8, 4) is 0 Å². The Morgan fingerprint density at radius 2 is 1.55 bits per heavy atom. The Morgan fingerprint density at radius 3 is 2.14 bits per heavy atom. The smallest absolute Gasteiger partial charge is 0.264 e. The van der Waals surface area contributed by atoms with Gasteiger partial charge in [-0.2, -0.15) is 0 Å². The van der Waals surface area contributed by atoms with Crippen molar-refractivity contribution >= 4 is 62.3 Å². The average molecular weight is 679 g/mol. The molecule has 0 unspecified atom stereocenters. The van der Waals surface area contributed by atoms with Crippen molar-refractivity contribution < 1.29 is 18.0 Å². The van der Waals surface area contributed by atoms with E-state index in [0.717, 1.165) is 47.5 Å². The number of nitrogens with one attached hydrogen (secondary N) is 1. The van der Waals surface area contributed by atoms with Gasteiger partial charge in [-0.3, -0.25) is 13.9 Å². The van der Waals surface area contributed by atoms with Crippen LogP contribution in [0, 0.1) is 13.8 Å². The molecule has 1 aliphatic carbocycles. The van der Waals surface area contributed by atoms with Crippen LogP contribution in [0.25, 0.3) is 0 Å². The largest absolute Gasteiger partial charge is 0.352 e. The number of nitrogens with zero attached hydrogens (tertiary/aromatic N) is 2. The molecule has 2 amide bonds. The summed E-state index contributed by atoms with van der Waals surface area (Å²) < 4.78 is 29.3. The molecular formula is C33H38Cl3N3O4S. The first-order chi connectivity index (χ1) is 20.9. The number of hydrogen-bond acceptors (Lipinski definition) is 4. The molecule has 1 N–H and O–H groups in total. The number of halogens is 3. The number of benzene rings is 3. The predicted octanol–water partition coefficient (Wildman–Crippen LogP) is 7.72. The van der Waals surface area contributed by atoms with E-state index in [1.54, 1.807) is 30.3 Å². The third-order valence-corrected chi connectivity index (χ3v) is 10.9. The van der Waals surface area contributed by atoms with Gasteiger partial charge in [0.15, 0.2) is 0 Å². The fourth-order valence-corrected chi connectivity index (χ4v) is 7.51. The molecule has 44 heavy (non-hydrogen) atoms. The summed E-state index contributed by atoms with van der Waals surface area (Å²) >= 11 is 19.1. The summed E-state index contributed by atoms with van der Waals surface area (Å²) in [4.78, 5) is 29.5. The summed E-state index contributed by atoms with van der Waals surface area (Å²) in [6, 6.07) is 15.2. The first kappa shape index (κ1) is 34.1. The van der Waals surface area contributed by atoms with Gasteiger partial charge in [0.2, 0.25) is 11.8 Å². The minimum absolute atomic E-state index is 0.0179. The topological polar surface area (TPSA) is 86.8 Å². The van der Waals surface area contributed by atoms with E-state index in [-0.39, 0.29) is 23.4 Å². The molecule has 0 heterocycles. The number of aryl methyl sites for hydroxylation is 2. The lowest BCUT2D eigenvalue weighted by Gasteiger charge is -2.35. The quantitative estimate of drug-likeness (QED) is 0.225. The van der Waals surface area contributed by atoms with Crippen LogP contribution in [0.1, 0.15) is 62.1 Å². The molecule has 7 nitrogen and oxygen atoms in total. The number of carbonyl (C=O) groups is 2.